The molecule has 0 aromatic heterocycles. The molecule has 1 saturated carbocycles. The Balaban J connectivity index is 1.82. The molecule has 1 saturated heterocycles. The van der Waals surface area contributed by atoms with Crippen LogP contribution in [0.1, 0.15) is 18.4 Å². The van der Waals surface area contributed by atoms with E-state index in [2.05, 4.69) is 4.72 Å². The first-order chi connectivity index (χ1) is 9.90. The molecule has 0 spiro atoms. The Morgan fingerprint density at radius 2 is 2.19 bits per heavy atom. The number of nitrogens with two attached hydrogens (primary N) is 1. The maximum Gasteiger partial charge on any atom is 0.241 e. The van der Waals surface area contributed by atoms with Gasteiger partial charge in [-0.2, -0.15) is 0 Å². The molecule has 1 aromatic rings. The molecule has 0 radical (unpaired) electrons. The van der Waals surface area contributed by atoms with E-state index in [0.717, 1.165) is 18.9 Å². The fourth-order valence-electron chi connectivity index (χ4n) is 3.20. The molecule has 1 heterocycles. The number of benzene rings is 1. The van der Waals surface area contributed by atoms with Gasteiger partial charge in [-0.1, -0.05) is 6.07 Å². The van der Waals surface area contributed by atoms with Gasteiger partial charge in [0.05, 0.1) is 17.0 Å². The first-order valence-electron chi connectivity index (χ1n) is 7.06. The Labute approximate surface area is 123 Å². The molecule has 1 aromatic carbocycles. The van der Waals surface area contributed by atoms with Crippen molar-refractivity contribution in [1.29, 1.82) is 0 Å². The minimum atomic E-state index is -3.81. The average molecular weight is 314 g/mol. The lowest BCUT2D eigenvalue weighted by Gasteiger charge is -2.52. The van der Waals surface area contributed by atoms with Gasteiger partial charge < -0.3 is 10.5 Å². The van der Waals surface area contributed by atoms with E-state index in [0.29, 0.717) is 12.2 Å². The van der Waals surface area contributed by atoms with Gasteiger partial charge in [0.1, 0.15) is 5.82 Å². The summed E-state index contributed by atoms with van der Waals surface area (Å²) in [4.78, 5) is -0.0473. The summed E-state index contributed by atoms with van der Waals surface area (Å²) in [5.41, 5.74) is 6.55. The standard InChI is InChI=1S/C14H19FN2O3S/c1-8-4-5-9(15)7-11(8)21(18,19)17-13-12(16)10-3-2-6-20-14(10)13/h4-5,7,10,12-14,17H,2-3,6,16H2,1H3. The van der Waals surface area contributed by atoms with Crippen molar-refractivity contribution in [1.82, 2.24) is 4.72 Å². The molecule has 5 nitrogen and oxygen atoms in total. The van der Waals surface area contributed by atoms with Crippen LogP contribution < -0.4 is 10.5 Å². The highest BCUT2D eigenvalue weighted by molar-refractivity contribution is 7.89. The third-order valence-corrected chi connectivity index (χ3v) is 6.01. The molecular weight excluding hydrogens is 295 g/mol. The van der Waals surface area contributed by atoms with Crippen LogP contribution in [0.25, 0.3) is 0 Å². The smallest absolute Gasteiger partial charge is 0.241 e. The highest BCUT2D eigenvalue weighted by Gasteiger charge is 2.52. The summed E-state index contributed by atoms with van der Waals surface area (Å²) >= 11 is 0. The maximum absolute atomic E-state index is 13.3. The minimum Gasteiger partial charge on any atom is -0.376 e. The summed E-state index contributed by atoms with van der Waals surface area (Å²) in [5, 5.41) is 0. The Morgan fingerprint density at radius 1 is 1.43 bits per heavy atom. The van der Waals surface area contributed by atoms with Crippen molar-refractivity contribution in [3.05, 3.63) is 29.6 Å². The Bertz CT molecular complexity index is 650. The van der Waals surface area contributed by atoms with Gasteiger partial charge in [-0.3, -0.25) is 0 Å². The number of rotatable bonds is 3. The maximum atomic E-state index is 13.3. The van der Waals surface area contributed by atoms with Crippen molar-refractivity contribution in [3.63, 3.8) is 0 Å². The number of nitrogens with one attached hydrogen (secondary N) is 1. The average Bonchev–Trinajstić information content (AvgIpc) is 2.47. The van der Waals surface area contributed by atoms with E-state index < -0.39 is 21.9 Å². The van der Waals surface area contributed by atoms with E-state index in [1.54, 1.807) is 6.92 Å². The van der Waals surface area contributed by atoms with E-state index in [-0.39, 0.29) is 23.0 Å². The van der Waals surface area contributed by atoms with Crippen LogP contribution in [0.4, 0.5) is 4.39 Å². The predicted molar refractivity (Wildman–Crippen MR) is 75.7 cm³/mol. The number of hydrogen-bond acceptors (Lipinski definition) is 4. The Morgan fingerprint density at radius 3 is 2.95 bits per heavy atom. The van der Waals surface area contributed by atoms with Crippen LogP contribution in [0.5, 0.6) is 0 Å². The Kier molecular flexibility index (Phi) is 3.77. The van der Waals surface area contributed by atoms with Gasteiger partial charge in [0.2, 0.25) is 10.0 Å². The summed E-state index contributed by atoms with van der Waals surface area (Å²) in [6.07, 6.45) is 1.75. The van der Waals surface area contributed by atoms with E-state index in [9.17, 15) is 12.8 Å². The van der Waals surface area contributed by atoms with Crippen LogP contribution >= 0.6 is 0 Å². The SMILES string of the molecule is Cc1ccc(F)cc1S(=O)(=O)NC1C(N)C2CCCOC21. The normalized spacial score (nSPS) is 32.3. The van der Waals surface area contributed by atoms with Crippen molar-refractivity contribution in [2.75, 3.05) is 6.61 Å². The molecule has 2 aliphatic rings. The second-order valence-corrected chi connectivity index (χ2v) is 7.46. The topological polar surface area (TPSA) is 81.4 Å². The monoisotopic (exact) mass is 314 g/mol. The number of fused-ring (bicyclic) bond motifs is 1. The highest BCUT2D eigenvalue weighted by Crippen LogP contribution is 2.37. The second-order valence-electron chi connectivity index (χ2n) is 5.78. The molecule has 0 amide bonds. The van der Waals surface area contributed by atoms with Crippen LogP contribution in [0.2, 0.25) is 0 Å². The first-order valence-corrected chi connectivity index (χ1v) is 8.54. The lowest BCUT2D eigenvalue weighted by atomic mass is 9.69. The third kappa shape index (κ3) is 2.59. The van der Waals surface area contributed by atoms with Crippen LogP contribution in [0, 0.1) is 18.7 Å². The van der Waals surface area contributed by atoms with Gasteiger partial charge in [-0.05, 0) is 37.5 Å². The van der Waals surface area contributed by atoms with E-state index in [1.807, 2.05) is 0 Å². The summed E-state index contributed by atoms with van der Waals surface area (Å²) < 4.78 is 46.4. The van der Waals surface area contributed by atoms with E-state index >= 15 is 0 Å². The zero-order valence-electron chi connectivity index (χ0n) is 11.8. The molecule has 1 aliphatic heterocycles. The van der Waals surface area contributed by atoms with Crippen LogP contribution in [0.3, 0.4) is 0 Å². The van der Waals surface area contributed by atoms with Gasteiger partial charge in [-0.25, -0.2) is 17.5 Å². The number of ether oxygens (including phenoxy) is 1. The molecule has 7 heteroatoms. The highest BCUT2D eigenvalue weighted by atomic mass is 32.2. The quantitative estimate of drug-likeness (QED) is 0.869. The lowest BCUT2D eigenvalue weighted by Crippen LogP contribution is -2.71. The van der Waals surface area contributed by atoms with Gasteiger partial charge in [0, 0.05) is 18.6 Å². The summed E-state index contributed by atoms with van der Waals surface area (Å²) in [7, 11) is -3.81. The van der Waals surface area contributed by atoms with Crippen molar-refractivity contribution in [2.45, 2.75) is 42.8 Å². The molecule has 116 valence electrons. The molecule has 3 N–H and O–H groups in total. The fraction of sp³-hybridized carbons (Fsp3) is 0.571. The molecule has 21 heavy (non-hydrogen) atoms. The molecule has 4 unspecified atom stereocenters. The molecule has 0 bridgehead atoms. The van der Waals surface area contributed by atoms with Gasteiger partial charge >= 0.3 is 0 Å². The van der Waals surface area contributed by atoms with Crippen LogP contribution in [-0.2, 0) is 14.8 Å². The summed E-state index contributed by atoms with van der Waals surface area (Å²) in [6, 6.07) is 3.02. The van der Waals surface area contributed by atoms with Crippen molar-refractivity contribution in [3.8, 4) is 0 Å². The van der Waals surface area contributed by atoms with Gasteiger partial charge in [-0.15, -0.1) is 0 Å². The molecule has 4 atom stereocenters. The van der Waals surface area contributed by atoms with Crippen molar-refractivity contribution >= 4 is 10.0 Å². The van der Waals surface area contributed by atoms with Crippen molar-refractivity contribution in [2.24, 2.45) is 11.7 Å². The fourth-order valence-corrected chi connectivity index (χ4v) is 4.74. The summed E-state index contributed by atoms with van der Waals surface area (Å²) in [6.45, 7) is 2.26. The van der Waals surface area contributed by atoms with Gasteiger partial charge in [0.15, 0.2) is 0 Å². The number of hydrogen-bond donors (Lipinski definition) is 2. The van der Waals surface area contributed by atoms with Crippen LogP contribution in [-0.4, -0.2) is 33.2 Å². The summed E-state index contributed by atoms with van der Waals surface area (Å²) in [5.74, 6) is -0.370. The van der Waals surface area contributed by atoms with Crippen molar-refractivity contribution < 1.29 is 17.5 Å². The zero-order chi connectivity index (χ0) is 15.2. The predicted octanol–water partition coefficient (Wildman–Crippen LogP) is 0.917. The van der Waals surface area contributed by atoms with E-state index in [4.69, 9.17) is 10.5 Å². The van der Waals surface area contributed by atoms with Gasteiger partial charge in [0.25, 0.3) is 0 Å². The molecule has 2 fully saturated rings. The molecular formula is C14H19FN2O3S. The molecule has 1 aliphatic carbocycles. The third-order valence-electron chi connectivity index (χ3n) is 4.41. The minimum absolute atomic E-state index is 0.0473. The van der Waals surface area contributed by atoms with Crippen LogP contribution in [0.15, 0.2) is 23.1 Å². The lowest BCUT2D eigenvalue weighted by molar-refractivity contribution is -0.114. The number of aryl methyl sites for hydroxylation is 1. The number of halogens is 1. The molecule has 3 rings (SSSR count). The largest absolute Gasteiger partial charge is 0.376 e. The number of sulfonamides is 1. The second kappa shape index (κ2) is 5.31. The van der Waals surface area contributed by atoms with E-state index in [1.165, 1.54) is 12.1 Å². The first kappa shape index (κ1) is 14.9. The Hall–Kier alpha value is -1.02. The zero-order valence-corrected chi connectivity index (χ0v) is 12.6.